The molecule has 3 nitrogen and oxygen atoms in total. The van der Waals surface area contributed by atoms with Crippen molar-refractivity contribution in [3.05, 3.63) is 64.9 Å². The Morgan fingerprint density at radius 1 is 1.25 bits per heavy atom. The van der Waals surface area contributed by atoms with Gasteiger partial charge in [0, 0.05) is 24.1 Å². The van der Waals surface area contributed by atoms with Gasteiger partial charge in [-0.2, -0.15) is 4.57 Å². The van der Waals surface area contributed by atoms with Crippen molar-refractivity contribution in [2.45, 2.75) is 26.4 Å². The first-order valence-electron chi connectivity index (χ1n) is 6.56. The molecule has 1 heterocycles. The molecule has 0 unspecified atom stereocenters. The molecule has 0 saturated heterocycles. The van der Waals surface area contributed by atoms with Crippen molar-refractivity contribution in [3.8, 4) is 0 Å². The Labute approximate surface area is 124 Å². The standard InChI is InChI=1S/C16H17ClN2O/c1-12-5-3-4-10-19(12)11-16(20)18-13(2)14-6-8-15(17)9-7-14/h3-10,13H,11H2,1-2H3/p+1/t13-/m1/s1. The minimum absolute atomic E-state index is 0.00764. The van der Waals surface area contributed by atoms with Crippen LogP contribution in [0.5, 0.6) is 0 Å². The Balaban J connectivity index is 1.98. The van der Waals surface area contributed by atoms with Crippen molar-refractivity contribution in [2.75, 3.05) is 0 Å². The normalized spacial score (nSPS) is 11.9. The van der Waals surface area contributed by atoms with E-state index in [0.717, 1.165) is 11.3 Å². The van der Waals surface area contributed by atoms with Gasteiger partial charge in [-0.05, 0) is 24.6 Å². The number of hydrogen-bond acceptors (Lipinski definition) is 1. The van der Waals surface area contributed by atoms with Crippen molar-refractivity contribution < 1.29 is 9.36 Å². The lowest BCUT2D eigenvalue weighted by molar-refractivity contribution is -0.690. The van der Waals surface area contributed by atoms with E-state index < -0.39 is 0 Å². The predicted molar refractivity (Wildman–Crippen MR) is 79.4 cm³/mol. The van der Waals surface area contributed by atoms with Crippen LogP contribution in [0.2, 0.25) is 5.02 Å². The van der Waals surface area contributed by atoms with Gasteiger partial charge in [0.1, 0.15) is 0 Å². The van der Waals surface area contributed by atoms with Crippen LogP contribution in [0.4, 0.5) is 0 Å². The Kier molecular flexibility index (Phi) is 4.74. The van der Waals surface area contributed by atoms with Gasteiger partial charge in [-0.15, -0.1) is 0 Å². The number of amides is 1. The average Bonchev–Trinajstić information content (AvgIpc) is 2.42. The number of halogens is 1. The first-order valence-corrected chi connectivity index (χ1v) is 6.94. The van der Waals surface area contributed by atoms with Gasteiger partial charge >= 0.3 is 0 Å². The average molecular weight is 290 g/mol. The number of hydrogen-bond donors (Lipinski definition) is 1. The third kappa shape index (κ3) is 3.81. The van der Waals surface area contributed by atoms with Crippen molar-refractivity contribution in [1.29, 1.82) is 0 Å². The van der Waals surface area contributed by atoms with Crippen molar-refractivity contribution in [3.63, 3.8) is 0 Å². The number of nitrogens with one attached hydrogen (secondary N) is 1. The molecule has 104 valence electrons. The third-order valence-electron chi connectivity index (χ3n) is 3.23. The van der Waals surface area contributed by atoms with Crippen LogP contribution in [0.15, 0.2) is 48.7 Å². The number of carbonyl (C=O) groups is 1. The Hall–Kier alpha value is -1.87. The summed E-state index contributed by atoms with van der Waals surface area (Å²) in [6, 6.07) is 13.3. The van der Waals surface area contributed by atoms with Crippen LogP contribution in [0.1, 0.15) is 24.2 Å². The quantitative estimate of drug-likeness (QED) is 0.863. The minimum atomic E-state index is -0.0376. The van der Waals surface area contributed by atoms with E-state index in [1.54, 1.807) is 0 Å². The number of nitrogens with zero attached hydrogens (tertiary/aromatic N) is 1. The number of pyridine rings is 1. The molecule has 4 heteroatoms. The fourth-order valence-electron chi connectivity index (χ4n) is 2.02. The SMILES string of the molecule is Cc1cccc[n+]1CC(=O)N[C@H](C)c1ccc(Cl)cc1. The van der Waals surface area contributed by atoms with Gasteiger partial charge < -0.3 is 5.32 Å². The maximum atomic E-state index is 12.1. The van der Waals surface area contributed by atoms with E-state index in [4.69, 9.17) is 11.6 Å². The van der Waals surface area contributed by atoms with Crippen LogP contribution in [0.25, 0.3) is 0 Å². The van der Waals surface area contributed by atoms with Gasteiger partial charge in [-0.3, -0.25) is 4.79 Å². The monoisotopic (exact) mass is 289 g/mol. The zero-order chi connectivity index (χ0) is 14.5. The molecular formula is C16H18ClN2O+. The van der Waals surface area contributed by atoms with Gasteiger partial charge in [0.25, 0.3) is 5.91 Å². The molecule has 0 aliphatic carbocycles. The molecule has 1 amide bonds. The summed E-state index contributed by atoms with van der Waals surface area (Å²) >= 11 is 5.86. The van der Waals surface area contributed by atoms with E-state index in [1.807, 2.05) is 67.1 Å². The summed E-state index contributed by atoms with van der Waals surface area (Å²) in [7, 11) is 0. The van der Waals surface area contributed by atoms with Crippen LogP contribution in [0, 0.1) is 6.92 Å². The summed E-state index contributed by atoms with van der Waals surface area (Å²) in [5.41, 5.74) is 2.10. The van der Waals surface area contributed by atoms with E-state index in [0.29, 0.717) is 11.6 Å². The molecule has 2 rings (SSSR count). The fourth-order valence-corrected chi connectivity index (χ4v) is 2.14. The van der Waals surface area contributed by atoms with Crippen molar-refractivity contribution in [1.82, 2.24) is 5.32 Å². The molecule has 1 atom stereocenters. The van der Waals surface area contributed by atoms with Gasteiger partial charge in [-0.1, -0.05) is 29.8 Å². The lowest BCUT2D eigenvalue weighted by atomic mass is 10.1. The summed E-state index contributed by atoms with van der Waals surface area (Å²) in [4.78, 5) is 12.1. The summed E-state index contributed by atoms with van der Waals surface area (Å²) in [5.74, 6) is -0.00764. The highest BCUT2D eigenvalue weighted by Gasteiger charge is 2.14. The number of carbonyl (C=O) groups excluding carboxylic acids is 1. The van der Waals surface area contributed by atoms with Gasteiger partial charge in [0.2, 0.25) is 6.54 Å². The molecule has 0 saturated carbocycles. The molecule has 0 aliphatic heterocycles. The molecule has 0 bridgehead atoms. The van der Waals surface area contributed by atoms with E-state index in [9.17, 15) is 4.79 Å². The van der Waals surface area contributed by atoms with Crippen LogP contribution < -0.4 is 9.88 Å². The van der Waals surface area contributed by atoms with Crippen LogP contribution >= 0.6 is 11.6 Å². The molecule has 0 fully saturated rings. The number of aryl methyl sites for hydroxylation is 1. The second-order valence-corrected chi connectivity index (χ2v) is 5.25. The molecule has 1 N–H and O–H groups in total. The summed E-state index contributed by atoms with van der Waals surface area (Å²) in [6.07, 6.45) is 1.90. The number of rotatable bonds is 4. The fraction of sp³-hybridized carbons (Fsp3) is 0.250. The predicted octanol–water partition coefficient (Wildman–Crippen LogP) is 2.81. The van der Waals surface area contributed by atoms with E-state index >= 15 is 0 Å². The van der Waals surface area contributed by atoms with Crippen molar-refractivity contribution in [2.24, 2.45) is 0 Å². The van der Waals surface area contributed by atoms with Crippen LogP contribution in [0.3, 0.4) is 0 Å². The molecule has 0 spiro atoms. The van der Waals surface area contributed by atoms with E-state index in [1.165, 1.54) is 0 Å². The molecule has 1 aromatic heterocycles. The maximum absolute atomic E-state index is 12.1. The molecule has 0 radical (unpaired) electrons. The van der Waals surface area contributed by atoms with Crippen LogP contribution in [-0.4, -0.2) is 5.91 Å². The van der Waals surface area contributed by atoms with Crippen molar-refractivity contribution >= 4 is 17.5 Å². The smallest absolute Gasteiger partial charge is 0.286 e. The zero-order valence-corrected chi connectivity index (χ0v) is 12.4. The highest BCUT2D eigenvalue weighted by atomic mass is 35.5. The lowest BCUT2D eigenvalue weighted by Crippen LogP contribution is -2.45. The van der Waals surface area contributed by atoms with Gasteiger partial charge in [0.15, 0.2) is 11.9 Å². The molecule has 20 heavy (non-hydrogen) atoms. The Morgan fingerprint density at radius 2 is 1.95 bits per heavy atom. The number of aromatic nitrogens is 1. The van der Waals surface area contributed by atoms with Gasteiger partial charge in [-0.25, -0.2) is 0 Å². The molecule has 2 aromatic rings. The summed E-state index contributed by atoms with van der Waals surface area (Å²) < 4.78 is 1.92. The largest absolute Gasteiger partial charge is 0.344 e. The first kappa shape index (κ1) is 14.5. The minimum Gasteiger partial charge on any atom is -0.344 e. The molecule has 1 aromatic carbocycles. The van der Waals surface area contributed by atoms with E-state index in [2.05, 4.69) is 5.32 Å². The topological polar surface area (TPSA) is 33.0 Å². The molecular weight excluding hydrogens is 272 g/mol. The highest BCUT2D eigenvalue weighted by Crippen LogP contribution is 2.15. The first-order chi connectivity index (χ1) is 9.56. The maximum Gasteiger partial charge on any atom is 0.286 e. The Morgan fingerprint density at radius 3 is 2.60 bits per heavy atom. The highest BCUT2D eigenvalue weighted by molar-refractivity contribution is 6.30. The second kappa shape index (κ2) is 6.53. The zero-order valence-electron chi connectivity index (χ0n) is 11.6. The second-order valence-electron chi connectivity index (χ2n) is 4.81. The summed E-state index contributed by atoms with van der Waals surface area (Å²) in [5, 5.41) is 3.69. The lowest BCUT2D eigenvalue weighted by Gasteiger charge is -2.13. The summed E-state index contributed by atoms with van der Waals surface area (Å²) in [6.45, 7) is 4.27. The number of benzene rings is 1. The molecule has 0 aliphatic rings. The van der Waals surface area contributed by atoms with E-state index in [-0.39, 0.29) is 11.9 Å². The van der Waals surface area contributed by atoms with Crippen LogP contribution in [-0.2, 0) is 11.3 Å². The van der Waals surface area contributed by atoms with Gasteiger partial charge in [0.05, 0.1) is 6.04 Å². The Bertz CT molecular complexity index is 596. The third-order valence-corrected chi connectivity index (χ3v) is 3.48.